The highest BCUT2D eigenvalue weighted by molar-refractivity contribution is 5.85. The number of hydrogen-bond donors (Lipinski definition) is 1. The van der Waals surface area contributed by atoms with Crippen molar-refractivity contribution in [1.29, 1.82) is 0 Å². The molecule has 1 saturated heterocycles. The Bertz CT molecular complexity index is 615. The Morgan fingerprint density at radius 1 is 1.53 bits per heavy atom. The molecule has 0 radical (unpaired) electrons. The molecule has 1 atom stereocenters. The van der Waals surface area contributed by atoms with Crippen LogP contribution in [0.4, 0.5) is 11.7 Å². The number of nitro benzene ring substituents is 1. The van der Waals surface area contributed by atoms with E-state index in [-0.39, 0.29) is 24.1 Å². The molecule has 1 unspecified atom stereocenters. The lowest BCUT2D eigenvalue weighted by Crippen LogP contribution is -2.26. The fourth-order valence-corrected chi connectivity index (χ4v) is 2.11. The number of benzene rings is 1. The number of hydrogen-bond acceptors (Lipinski definition) is 6. The van der Waals surface area contributed by atoms with Crippen molar-refractivity contribution in [2.45, 2.75) is 12.5 Å². The zero-order valence-electron chi connectivity index (χ0n) is 9.98. The van der Waals surface area contributed by atoms with Crippen molar-refractivity contribution in [3.63, 3.8) is 0 Å². The summed E-state index contributed by atoms with van der Waals surface area (Å²) in [6, 6.07) is 5.01. The number of anilines is 1. The van der Waals surface area contributed by atoms with Crippen molar-refractivity contribution < 1.29 is 9.34 Å². The molecule has 0 spiro atoms. The van der Waals surface area contributed by atoms with Crippen LogP contribution in [0.15, 0.2) is 22.6 Å². The summed E-state index contributed by atoms with van der Waals surface area (Å²) >= 11 is 0. The number of nitrogens with zero attached hydrogens (tertiary/aromatic N) is 3. The van der Waals surface area contributed by atoms with Crippen LogP contribution in [0.25, 0.3) is 11.1 Å². The molecule has 3 rings (SSSR count). The lowest BCUT2D eigenvalue weighted by Gasteiger charge is -2.11. The van der Waals surface area contributed by atoms with Gasteiger partial charge >= 0.3 is 0 Å². The van der Waals surface area contributed by atoms with E-state index in [1.165, 1.54) is 12.1 Å². The van der Waals surface area contributed by atoms with Gasteiger partial charge < -0.3 is 15.1 Å². The molecule has 102 valence electrons. The maximum absolute atomic E-state index is 10.7. The van der Waals surface area contributed by atoms with Crippen molar-refractivity contribution in [3.05, 3.63) is 28.3 Å². The van der Waals surface area contributed by atoms with Crippen LogP contribution in [0.2, 0.25) is 0 Å². The highest BCUT2D eigenvalue weighted by Crippen LogP contribution is 2.27. The van der Waals surface area contributed by atoms with Crippen molar-refractivity contribution in [1.82, 2.24) is 4.98 Å². The first-order chi connectivity index (χ1) is 8.63. The molecule has 1 aliphatic heterocycles. The van der Waals surface area contributed by atoms with Crippen LogP contribution in [-0.2, 0) is 0 Å². The van der Waals surface area contributed by atoms with Gasteiger partial charge in [-0.05, 0) is 12.5 Å². The van der Waals surface area contributed by atoms with Gasteiger partial charge in [-0.3, -0.25) is 10.1 Å². The fraction of sp³-hybridized carbons (Fsp3) is 0.364. The van der Waals surface area contributed by atoms with E-state index < -0.39 is 4.92 Å². The number of non-ortho nitro benzene ring substituents is 1. The predicted octanol–water partition coefficient (Wildman–Crippen LogP) is 1.70. The van der Waals surface area contributed by atoms with E-state index in [0.717, 1.165) is 13.0 Å². The third-order valence-corrected chi connectivity index (χ3v) is 3.07. The maximum atomic E-state index is 10.7. The third kappa shape index (κ3) is 2.47. The standard InChI is InChI=1S/C11H12N4O3.ClH/c12-7-3-4-14(6-7)11-13-9-5-8(15(16)17)1-2-10(9)18-11;/h1-2,5,7H,3-4,6,12H2;1H. The quantitative estimate of drug-likeness (QED) is 0.665. The first-order valence-electron chi connectivity index (χ1n) is 5.69. The summed E-state index contributed by atoms with van der Waals surface area (Å²) in [5.74, 6) is 0. The number of aromatic nitrogens is 1. The Morgan fingerprint density at radius 3 is 2.95 bits per heavy atom. The molecule has 2 aromatic rings. The van der Waals surface area contributed by atoms with E-state index >= 15 is 0 Å². The van der Waals surface area contributed by atoms with Crippen LogP contribution in [0.5, 0.6) is 0 Å². The first kappa shape index (κ1) is 13.6. The van der Waals surface area contributed by atoms with E-state index in [4.69, 9.17) is 10.2 Å². The summed E-state index contributed by atoms with van der Waals surface area (Å²) in [4.78, 5) is 16.5. The molecule has 1 fully saturated rings. The van der Waals surface area contributed by atoms with Gasteiger partial charge in [0.05, 0.1) is 4.92 Å². The average Bonchev–Trinajstić information content (AvgIpc) is 2.93. The van der Waals surface area contributed by atoms with Crippen molar-refractivity contribution in [2.75, 3.05) is 18.0 Å². The minimum absolute atomic E-state index is 0. The zero-order chi connectivity index (χ0) is 12.7. The molecule has 2 heterocycles. The van der Waals surface area contributed by atoms with Crippen molar-refractivity contribution in [3.8, 4) is 0 Å². The number of rotatable bonds is 2. The van der Waals surface area contributed by atoms with Gasteiger partial charge in [-0.1, -0.05) is 0 Å². The topological polar surface area (TPSA) is 98.4 Å². The second-order valence-electron chi connectivity index (χ2n) is 4.40. The molecule has 8 heteroatoms. The van der Waals surface area contributed by atoms with Crippen LogP contribution in [0, 0.1) is 10.1 Å². The van der Waals surface area contributed by atoms with Crippen LogP contribution in [0.3, 0.4) is 0 Å². The SMILES string of the molecule is Cl.NC1CCN(c2nc3cc([N+](=O)[O-])ccc3o2)C1. The van der Waals surface area contributed by atoms with Crippen LogP contribution in [-0.4, -0.2) is 29.0 Å². The van der Waals surface area contributed by atoms with E-state index in [0.29, 0.717) is 23.7 Å². The van der Waals surface area contributed by atoms with Crippen molar-refractivity contribution in [2.24, 2.45) is 5.73 Å². The highest BCUT2D eigenvalue weighted by atomic mass is 35.5. The van der Waals surface area contributed by atoms with Gasteiger partial charge in [0.15, 0.2) is 5.58 Å². The molecule has 0 aliphatic carbocycles. The van der Waals surface area contributed by atoms with Gasteiger partial charge in [-0.25, -0.2) is 0 Å². The third-order valence-electron chi connectivity index (χ3n) is 3.07. The smallest absolute Gasteiger partial charge is 0.298 e. The number of nitrogens with two attached hydrogens (primary N) is 1. The first-order valence-corrected chi connectivity index (χ1v) is 5.69. The zero-order valence-corrected chi connectivity index (χ0v) is 10.8. The molecular formula is C11H13ClN4O3. The summed E-state index contributed by atoms with van der Waals surface area (Å²) in [7, 11) is 0. The van der Waals surface area contributed by atoms with Crippen LogP contribution in [0.1, 0.15) is 6.42 Å². The number of oxazole rings is 1. The lowest BCUT2D eigenvalue weighted by molar-refractivity contribution is -0.384. The maximum Gasteiger partial charge on any atom is 0.298 e. The summed E-state index contributed by atoms with van der Waals surface area (Å²) in [6.45, 7) is 1.50. The molecule has 1 aliphatic rings. The van der Waals surface area contributed by atoms with Crippen LogP contribution >= 0.6 is 12.4 Å². The average molecular weight is 285 g/mol. The largest absolute Gasteiger partial charge is 0.423 e. The molecule has 1 aromatic carbocycles. The van der Waals surface area contributed by atoms with Gasteiger partial charge in [0.25, 0.3) is 11.7 Å². The van der Waals surface area contributed by atoms with Gasteiger partial charge in [0.2, 0.25) is 0 Å². The summed E-state index contributed by atoms with van der Waals surface area (Å²) in [5, 5.41) is 10.7. The number of nitro groups is 1. The van der Waals surface area contributed by atoms with Crippen molar-refractivity contribution >= 4 is 35.2 Å². The molecule has 19 heavy (non-hydrogen) atoms. The number of halogens is 1. The van der Waals surface area contributed by atoms with E-state index in [9.17, 15) is 10.1 Å². The van der Waals surface area contributed by atoms with Gasteiger partial charge in [-0.2, -0.15) is 4.98 Å². The summed E-state index contributed by atoms with van der Waals surface area (Å²) in [6.07, 6.45) is 0.902. The van der Waals surface area contributed by atoms with E-state index in [2.05, 4.69) is 4.98 Å². The van der Waals surface area contributed by atoms with E-state index in [1.807, 2.05) is 4.90 Å². The monoisotopic (exact) mass is 284 g/mol. The number of fused-ring (bicyclic) bond motifs is 1. The minimum atomic E-state index is -0.445. The Hall–Kier alpha value is -1.86. The Morgan fingerprint density at radius 2 is 2.32 bits per heavy atom. The van der Waals surface area contributed by atoms with Gasteiger partial charge in [0, 0.05) is 31.3 Å². The minimum Gasteiger partial charge on any atom is -0.423 e. The summed E-state index contributed by atoms with van der Waals surface area (Å²) in [5.41, 5.74) is 6.89. The lowest BCUT2D eigenvalue weighted by atomic mass is 10.3. The van der Waals surface area contributed by atoms with Crippen LogP contribution < -0.4 is 10.6 Å². The fourth-order valence-electron chi connectivity index (χ4n) is 2.11. The summed E-state index contributed by atoms with van der Waals surface area (Å²) < 4.78 is 5.57. The molecule has 1 aromatic heterocycles. The Kier molecular flexibility index (Phi) is 3.59. The second kappa shape index (κ2) is 5.02. The highest BCUT2D eigenvalue weighted by Gasteiger charge is 2.23. The molecule has 0 amide bonds. The Balaban J connectivity index is 0.00000133. The molecule has 0 saturated carbocycles. The molecule has 0 bridgehead atoms. The normalized spacial score (nSPS) is 18.6. The molecular weight excluding hydrogens is 272 g/mol. The van der Waals surface area contributed by atoms with Gasteiger partial charge in [-0.15, -0.1) is 12.4 Å². The predicted molar refractivity (Wildman–Crippen MR) is 72.7 cm³/mol. The molecule has 7 nitrogen and oxygen atoms in total. The second-order valence-corrected chi connectivity index (χ2v) is 4.40. The Labute approximate surface area is 114 Å². The van der Waals surface area contributed by atoms with Gasteiger partial charge in [0.1, 0.15) is 5.52 Å². The molecule has 2 N–H and O–H groups in total. The van der Waals surface area contributed by atoms with E-state index in [1.54, 1.807) is 6.07 Å².